The zero-order valence-corrected chi connectivity index (χ0v) is 15.3. The number of rotatable bonds is 4. The molecule has 0 spiro atoms. The lowest BCUT2D eigenvalue weighted by Gasteiger charge is -2.26. The molecule has 3 aromatic rings. The first kappa shape index (κ1) is 16.8. The number of carbonyl (C=O) groups excluding carboxylic acids is 1. The second-order valence-corrected chi connectivity index (χ2v) is 6.91. The highest BCUT2D eigenvalue weighted by Crippen LogP contribution is 2.36. The van der Waals surface area contributed by atoms with Crippen molar-refractivity contribution in [2.45, 2.75) is 6.54 Å². The molecule has 0 atom stereocenters. The smallest absolute Gasteiger partial charge is 0.234 e. The molecule has 0 aliphatic carbocycles. The highest BCUT2D eigenvalue weighted by atomic mass is 16.7. The number of fused-ring (bicyclic) bond motifs is 1. The van der Waals surface area contributed by atoms with Crippen LogP contribution >= 0.6 is 0 Å². The Hall–Kier alpha value is -3.32. The van der Waals surface area contributed by atoms with Crippen LogP contribution in [0.25, 0.3) is 16.9 Å². The van der Waals surface area contributed by atoms with E-state index in [0.29, 0.717) is 19.6 Å². The Morgan fingerprint density at radius 1 is 1.07 bits per heavy atom. The molecule has 5 rings (SSSR count). The summed E-state index contributed by atoms with van der Waals surface area (Å²) >= 11 is 0. The second kappa shape index (κ2) is 7.01. The van der Waals surface area contributed by atoms with E-state index in [0.717, 1.165) is 40.6 Å². The predicted octanol–water partition coefficient (Wildman–Crippen LogP) is 2.20. The lowest BCUT2D eigenvalue weighted by molar-refractivity contribution is -0.124. The summed E-state index contributed by atoms with van der Waals surface area (Å²) < 4.78 is 12.9. The summed E-state index contributed by atoms with van der Waals surface area (Å²) in [7, 11) is 0. The van der Waals surface area contributed by atoms with Crippen molar-refractivity contribution in [1.82, 2.24) is 20.0 Å². The number of ether oxygens (including phenoxy) is 2. The summed E-state index contributed by atoms with van der Waals surface area (Å²) in [5.74, 6) is 1.54. The zero-order valence-electron chi connectivity index (χ0n) is 15.3. The SMILES string of the molecule is O=C1CN(Cc2cn(-c3ccccc3)nc2-c2ccc3c(c2)OCO3)CCN1. The fourth-order valence-corrected chi connectivity index (χ4v) is 3.59. The normalized spacial score (nSPS) is 16.2. The lowest BCUT2D eigenvalue weighted by Crippen LogP contribution is -2.47. The van der Waals surface area contributed by atoms with Crippen molar-refractivity contribution in [2.24, 2.45) is 0 Å². The molecule has 28 heavy (non-hydrogen) atoms. The van der Waals surface area contributed by atoms with Gasteiger partial charge in [0.25, 0.3) is 0 Å². The largest absolute Gasteiger partial charge is 0.454 e. The van der Waals surface area contributed by atoms with Crippen molar-refractivity contribution in [3.63, 3.8) is 0 Å². The van der Waals surface area contributed by atoms with Crippen molar-refractivity contribution >= 4 is 5.91 Å². The number of amides is 1. The molecule has 1 saturated heterocycles. The first-order chi connectivity index (χ1) is 13.8. The molecule has 0 saturated carbocycles. The molecule has 1 fully saturated rings. The Morgan fingerprint density at radius 3 is 2.79 bits per heavy atom. The van der Waals surface area contributed by atoms with Crippen LogP contribution in [0.1, 0.15) is 5.56 Å². The van der Waals surface area contributed by atoms with Crippen LogP contribution in [0.15, 0.2) is 54.7 Å². The molecule has 2 aromatic carbocycles. The van der Waals surface area contributed by atoms with Crippen molar-refractivity contribution in [2.75, 3.05) is 26.4 Å². The molecule has 0 radical (unpaired) electrons. The van der Waals surface area contributed by atoms with Crippen LogP contribution in [-0.4, -0.2) is 47.0 Å². The van der Waals surface area contributed by atoms with Gasteiger partial charge in [-0.1, -0.05) is 18.2 Å². The van der Waals surface area contributed by atoms with Gasteiger partial charge in [0.2, 0.25) is 12.7 Å². The molecular weight excluding hydrogens is 356 g/mol. The average molecular weight is 376 g/mol. The van der Waals surface area contributed by atoms with E-state index < -0.39 is 0 Å². The summed E-state index contributed by atoms with van der Waals surface area (Å²) in [6, 6.07) is 15.9. The van der Waals surface area contributed by atoms with Crippen LogP contribution in [0.2, 0.25) is 0 Å². The van der Waals surface area contributed by atoms with E-state index in [1.165, 1.54) is 0 Å². The van der Waals surface area contributed by atoms with Gasteiger partial charge < -0.3 is 14.8 Å². The van der Waals surface area contributed by atoms with E-state index in [-0.39, 0.29) is 12.7 Å². The van der Waals surface area contributed by atoms with Gasteiger partial charge in [-0.05, 0) is 30.3 Å². The van der Waals surface area contributed by atoms with Crippen LogP contribution in [0, 0.1) is 0 Å². The van der Waals surface area contributed by atoms with E-state index in [9.17, 15) is 4.79 Å². The number of benzene rings is 2. The Kier molecular flexibility index (Phi) is 4.21. The van der Waals surface area contributed by atoms with Crippen molar-refractivity contribution < 1.29 is 14.3 Å². The van der Waals surface area contributed by atoms with Gasteiger partial charge in [0.15, 0.2) is 11.5 Å². The maximum Gasteiger partial charge on any atom is 0.234 e. The second-order valence-electron chi connectivity index (χ2n) is 6.91. The fourth-order valence-electron chi connectivity index (χ4n) is 3.59. The highest BCUT2D eigenvalue weighted by molar-refractivity contribution is 5.78. The van der Waals surface area contributed by atoms with E-state index in [1.807, 2.05) is 59.4 Å². The minimum Gasteiger partial charge on any atom is -0.454 e. The van der Waals surface area contributed by atoms with Gasteiger partial charge in [0, 0.05) is 37.0 Å². The lowest BCUT2D eigenvalue weighted by atomic mass is 10.1. The molecule has 7 nitrogen and oxygen atoms in total. The molecule has 1 aromatic heterocycles. The fraction of sp³-hybridized carbons (Fsp3) is 0.238. The van der Waals surface area contributed by atoms with Gasteiger partial charge in [0.05, 0.1) is 17.9 Å². The Labute approximate surface area is 162 Å². The quantitative estimate of drug-likeness (QED) is 0.756. The summed E-state index contributed by atoms with van der Waals surface area (Å²) in [6.07, 6.45) is 2.04. The zero-order chi connectivity index (χ0) is 18.9. The number of hydrogen-bond acceptors (Lipinski definition) is 5. The molecule has 1 N–H and O–H groups in total. The predicted molar refractivity (Wildman–Crippen MR) is 103 cm³/mol. The Bertz CT molecular complexity index is 1020. The standard InChI is InChI=1S/C21H20N4O3/c26-20-13-24(9-8-22-20)11-16-12-25(17-4-2-1-3-5-17)23-21(16)15-6-7-18-19(10-15)28-14-27-18/h1-7,10,12H,8-9,11,13-14H2,(H,22,26). The van der Waals surface area contributed by atoms with Gasteiger partial charge in [-0.3, -0.25) is 9.69 Å². The molecule has 0 bridgehead atoms. The third kappa shape index (κ3) is 3.20. The molecule has 0 unspecified atom stereocenters. The van der Waals surface area contributed by atoms with Crippen LogP contribution < -0.4 is 14.8 Å². The molecule has 1 amide bonds. The molecule has 2 aliphatic rings. The summed E-state index contributed by atoms with van der Waals surface area (Å²) in [4.78, 5) is 13.9. The van der Waals surface area contributed by atoms with Gasteiger partial charge in [-0.15, -0.1) is 0 Å². The van der Waals surface area contributed by atoms with Crippen molar-refractivity contribution in [1.29, 1.82) is 0 Å². The summed E-state index contributed by atoms with van der Waals surface area (Å²) in [5, 5.41) is 7.73. The van der Waals surface area contributed by atoms with Gasteiger partial charge in [0.1, 0.15) is 0 Å². The molecule has 7 heteroatoms. The third-order valence-electron chi connectivity index (χ3n) is 4.97. The number of para-hydroxylation sites is 1. The van der Waals surface area contributed by atoms with Gasteiger partial charge >= 0.3 is 0 Å². The summed E-state index contributed by atoms with van der Waals surface area (Å²) in [5.41, 5.74) is 3.91. The molecule has 3 heterocycles. The highest BCUT2D eigenvalue weighted by Gasteiger charge is 2.22. The average Bonchev–Trinajstić information content (AvgIpc) is 3.35. The number of hydrogen-bond donors (Lipinski definition) is 1. The summed E-state index contributed by atoms with van der Waals surface area (Å²) in [6.45, 7) is 2.79. The van der Waals surface area contributed by atoms with E-state index in [2.05, 4.69) is 10.2 Å². The Morgan fingerprint density at radius 2 is 1.93 bits per heavy atom. The van der Waals surface area contributed by atoms with Gasteiger partial charge in [-0.25, -0.2) is 4.68 Å². The topological polar surface area (TPSA) is 68.6 Å². The number of aromatic nitrogens is 2. The van der Waals surface area contributed by atoms with Crippen molar-refractivity contribution in [3.05, 3.63) is 60.3 Å². The maximum atomic E-state index is 11.8. The minimum atomic E-state index is 0.0614. The van der Waals surface area contributed by atoms with Crippen LogP contribution in [0.5, 0.6) is 11.5 Å². The monoisotopic (exact) mass is 376 g/mol. The van der Waals surface area contributed by atoms with E-state index in [1.54, 1.807) is 0 Å². The van der Waals surface area contributed by atoms with Crippen LogP contribution in [0.3, 0.4) is 0 Å². The number of nitrogens with one attached hydrogen (secondary N) is 1. The van der Waals surface area contributed by atoms with Crippen LogP contribution in [-0.2, 0) is 11.3 Å². The first-order valence-electron chi connectivity index (χ1n) is 9.29. The van der Waals surface area contributed by atoms with E-state index in [4.69, 9.17) is 14.6 Å². The van der Waals surface area contributed by atoms with E-state index >= 15 is 0 Å². The minimum absolute atomic E-state index is 0.0614. The van der Waals surface area contributed by atoms with Crippen molar-refractivity contribution in [3.8, 4) is 28.4 Å². The van der Waals surface area contributed by atoms with Gasteiger partial charge in [-0.2, -0.15) is 5.10 Å². The first-order valence-corrected chi connectivity index (χ1v) is 9.29. The third-order valence-corrected chi connectivity index (χ3v) is 4.97. The molecule has 142 valence electrons. The Balaban J connectivity index is 1.54. The molecular formula is C21H20N4O3. The number of piperazine rings is 1. The van der Waals surface area contributed by atoms with Crippen LogP contribution in [0.4, 0.5) is 0 Å². The maximum absolute atomic E-state index is 11.8. The number of carbonyl (C=O) groups is 1. The number of nitrogens with zero attached hydrogens (tertiary/aromatic N) is 3. The molecule has 2 aliphatic heterocycles.